The molecule has 1 N–H and O–H groups in total. The van der Waals surface area contributed by atoms with Crippen LogP contribution in [0.1, 0.15) is 0 Å². The Morgan fingerprint density at radius 3 is 2.76 bits per heavy atom. The number of benzene rings is 1. The highest BCUT2D eigenvalue weighted by atomic mass is 16.5. The summed E-state index contributed by atoms with van der Waals surface area (Å²) in [5, 5.41) is 8.19. The van der Waals surface area contributed by atoms with Crippen molar-refractivity contribution in [2.75, 3.05) is 18.5 Å². The second kappa shape index (κ2) is 7.00. The molecule has 124 valence electrons. The van der Waals surface area contributed by atoms with Crippen molar-refractivity contribution in [3.63, 3.8) is 0 Å². The molecule has 1 aromatic carbocycles. The normalized spacial score (nSPS) is 10.7. The lowest BCUT2D eigenvalue weighted by Gasteiger charge is -2.07. The predicted octanol–water partition coefficient (Wildman–Crippen LogP) is 3.78. The number of fused-ring (bicyclic) bond motifs is 1. The van der Waals surface area contributed by atoms with E-state index in [2.05, 4.69) is 20.4 Å². The van der Waals surface area contributed by atoms with Gasteiger partial charge in [-0.05, 0) is 36.4 Å². The Hall–Kier alpha value is -3.41. The first kappa shape index (κ1) is 15.1. The van der Waals surface area contributed by atoms with Crippen molar-refractivity contribution in [2.45, 2.75) is 0 Å². The lowest BCUT2D eigenvalue weighted by Crippen LogP contribution is -2.12. The lowest BCUT2D eigenvalue weighted by molar-refractivity contribution is 0.332. The molecule has 25 heavy (non-hydrogen) atoms. The minimum absolute atomic E-state index is 0.493. The summed E-state index contributed by atoms with van der Waals surface area (Å²) < 4.78 is 11.0. The number of anilines is 1. The van der Waals surface area contributed by atoms with Crippen molar-refractivity contribution in [2.24, 2.45) is 0 Å². The molecule has 0 unspecified atom stereocenters. The fourth-order valence-electron chi connectivity index (χ4n) is 2.50. The fourth-order valence-corrected chi connectivity index (χ4v) is 2.50. The number of hydrogen-bond donors (Lipinski definition) is 1. The molecule has 0 aliphatic heterocycles. The molecule has 4 aromatic rings. The van der Waals surface area contributed by atoms with Crippen LogP contribution in [0.4, 0.5) is 5.82 Å². The van der Waals surface area contributed by atoms with Crippen LogP contribution in [0.15, 0.2) is 71.5 Å². The van der Waals surface area contributed by atoms with E-state index in [1.807, 2.05) is 54.6 Å². The molecule has 0 aliphatic rings. The minimum Gasteiger partial charge on any atom is -0.492 e. The molecule has 0 saturated carbocycles. The van der Waals surface area contributed by atoms with Gasteiger partial charge in [-0.2, -0.15) is 4.98 Å². The van der Waals surface area contributed by atoms with E-state index in [9.17, 15) is 0 Å². The minimum atomic E-state index is 0.493. The van der Waals surface area contributed by atoms with Crippen molar-refractivity contribution < 1.29 is 9.26 Å². The highest BCUT2D eigenvalue weighted by Crippen LogP contribution is 2.27. The summed E-state index contributed by atoms with van der Waals surface area (Å²) in [5.74, 6) is 1.57. The lowest BCUT2D eigenvalue weighted by atomic mass is 10.1. The number of nitrogens with one attached hydrogen (secondary N) is 1. The zero-order valence-electron chi connectivity index (χ0n) is 13.4. The molecule has 0 amide bonds. The Kier molecular flexibility index (Phi) is 4.24. The Labute approximate surface area is 144 Å². The maximum Gasteiger partial charge on any atom is 0.260 e. The maximum atomic E-state index is 5.64. The van der Waals surface area contributed by atoms with Gasteiger partial charge >= 0.3 is 0 Å². The van der Waals surface area contributed by atoms with E-state index >= 15 is 0 Å². The van der Waals surface area contributed by atoms with Gasteiger partial charge in [0.25, 0.3) is 5.71 Å². The summed E-state index contributed by atoms with van der Waals surface area (Å²) in [6.07, 6.45) is 3.48. The Morgan fingerprint density at radius 1 is 1.00 bits per heavy atom. The van der Waals surface area contributed by atoms with Crippen molar-refractivity contribution in [1.82, 2.24) is 15.1 Å². The first-order valence-corrected chi connectivity index (χ1v) is 7.99. The van der Waals surface area contributed by atoms with Crippen molar-refractivity contribution in [3.8, 4) is 17.0 Å². The molecule has 0 radical (unpaired) electrons. The second-order valence-corrected chi connectivity index (χ2v) is 5.41. The first-order valence-electron chi connectivity index (χ1n) is 7.99. The van der Waals surface area contributed by atoms with Gasteiger partial charge in [0, 0.05) is 18.0 Å². The molecule has 3 aromatic heterocycles. The summed E-state index contributed by atoms with van der Waals surface area (Å²) in [5.41, 5.74) is 2.14. The summed E-state index contributed by atoms with van der Waals surface area (Å²) in [7, 11) is 0. The third-order valence-corrected chi connectivity index (χ3v) is 3.69. The van der Waals surface area contributed by atoms with Crippen LogP contribution in [0, 0.1) is 0 Å². The second-order valence-electron chi connectivity index (χ2n) is 5.41. The van der Waals surface area contributed by atoms with E-state index in [0.29, 0.717) is 18.9 Å². The van der Waals surface area contributed by atoms with E-state index in [1.54, 1.807) is 12.4 Å². The monoisotopic (exact) mass is 332 g/mol. The van der Waals surface area contributed by atoms with Gasteiger partial charge in [0.1, 0.15) is 23.9 Å². The Bertz CT molecular complexity index is 955. The van der Waals surface area contributed by atoms with Gasteiger partial charge in [-0.3, -0.25) is 4.98 Å². The summed E-state index contributed by atoms with van der Waals surface area (Å²) in [4.78, 5) is 8.56. The average Bonchev–Trinajstić information content (AvgIpc) is 3.10. The average molecular weight is 332 g/mol. The number of ether oxygens (including phenoxy) is 1. The van der Waals surface area contributed by atoms with Crippen LogP contribution in [0.3, 0.4) is 0 Å². The highest BCUT2D eigenvalue weighted by molar-refractivity contribution is 5.89. The molecule has 6 heteroatoms. The SMILES string of the molecule is c1ccc(OCCNc2ccc3c(-c4cccnc4)noc3n2)cc1. The van der Waals surface area contributed by atoms with Gasteiger partial charge in [-0.25, -0.2) is 0 Å². The zero-order valence-corrected chi connectivity index (χ0v) is 13.4. The van der Waals surface area contributed by atoms with Gasteiger partial charge in [0.15, 0.2) is 0 Å². The number of nitrogens with zero attached hydrogens (tertiary/aromatic N) is 3. The van der Waals surface area contributed by atoms with Crippen LogP contribution in [0.2, 0.25) is 0 Å². The summed E-state index contributed by atoms with van der Waals surface area (Å²) >= 11 is 0. The molecule has 6 nitrogen and oxygen atoms in total. The third kappa shape index (κ3) is 3.42. The van der Waals surface area contributed by atoms with Gasteiger partial charge in [-0.15, -0.1) is 0 Å². The number of aromatic nitrogens is 3. The highest BCUT2D eigenvalue weighted by Gasteiger charge is 2.12. The van der Waals surface area contributed by atoms with Crippen LogP contribution in [0.25, 0.3) is 22.4 Å². The summed E-state index contributed by atoms with van der Waals surface area (Å²) in [6, 6.07) is 17.4. The van der Waals surface area contributed by atoms with Crippen molar-refractivity contribution >= 4 is 16.9 Å². The molecule has 0 bridgehead atoms. The molecule has 0 saturated heterocycles. The molecule has 0 aliphatic carbocycles. The van der Waals surface area contributed by atoms with Crippen LogP contribution in [-0.2, 0) is 0 Å². The van der Waals surface area contributed by atoms with E-state index in [-0.39, 0.29) is 0 Å². The smallest absolute Gasteiger partial charge is 0.260 e. The topological polar surface area (TPSA) is 73.1 Å². The van der Waals surface area contributed by atoms with Gasteiger partial charge in [0.2, 0.25) is 0 Å². The molecule has 0 spiro atoms. The molecular formula is C19H16N4O2. The van der Waals surface area contributed by atoms with E-state index < -0.39 is 0 Å². The molecular weight excluding hydrogens is 316 g/mol. The Balaban J connectivity index is 1.42. The predicted molar refractivity (Wildman–Crippen MR) is 95.5 cm³/mol. The number of hydrogen-bond acceptors (Lipinski definition) is 6. The largest absolute Gasteiger partial charge is 0.492 e. The van der Waals surface area contributed by atoms with Crippen LogP contribution >= 0.6 is 0 Å². The van der Waals surface area contributed by atoms with Gasteiger partial charge in [0.05, 0.1) is 11.9 Å². The van der Waals surface area contributed by atoms with E-state index in [1.165, 1.54) is 0 Å². The number of pyridine rings is 2. The van der Waals surface area contributed by atoms with Crippen LogP contribution in [-0.4, -0.2) is 28.3 Å². The quantitative estimate of drug-likeness (QED) is 0.542. The maximum absolute atomic E-state index is 5.64. The molecule has 4 rings (SSSR count). The standard InChI is InChI=1S/C19H16N4O2/c1-2-6-15(7-3-1)24-12-11-21-17-9-8-16-18(23-25-19(16)22-17)14-5-4-10-20-13-14/h1-10,13H,11-12H2,(H,21,22). The third-order valence-electron chi connectivity index (χ3n) is 3.69. The fraction of sp³-hybridized carbons (Fsp3) is 0.105. The van der Waals surface area contributed by atoms with Crippen LogP contribution in [0.5, 0.6) is 5.75 Å². The Morgan fingerprint density at radius 2 is 1.92 bits per heavy atom. The first-order chi connectivity index (χ1) is 12.4. The van der Waals surface area contributed by atoms with Crippen LogP contribution < -0.4 is 10.1 Å². The summed E-state index contributed by atoms with van der Waals surface area (Å²) in [6.45, 7) is 1.18. The molecule has 3 heterocycles. The van der Waals surface area contributed by atoms with E-state index in [0.717, 1.165) is 28.2 Å². The number of rotatable bonds is 6. The van der Waals surface area contributed by atoms with E-state index in [4.69, 9.17) is 9.26 Å². The zero-order chi connectivity index (χ0) is 16.9. The van der Waals surface area contributed by atoms with Gasteiger partial charge < -0.3 is 14.6 Å². The molecule has 0 fully saturated rings. The molecule has 0 atom stereocenters. The van der Waals surface area contributed by atoms with Crippen molar-refractivity contribution in [1.29, 1.82) is 0 Å². The van der Waals surface area contributed by atoms with Crippen molar-refractivity contribution in [3.05, 3.63) is 67.0 Å². The number of para-hydroxylation sites is 1. The van der Waals surface area contributed by atoms with Gasteiger partial charge in [-0.1, -0.05) is 23.4 Å².